The molecule has 0 aromatic heterocycles. The first-order chi connectivity index (χ1) is 3.91. The number of thioether (sulfide) groups is 2. The molecule has 0 spiro atoms. The molecule has 0 aliphatic carbocycles. The summed E-state index contributed by atoms with van der Waals surface area (Å²) in [5, 5.41) is 0. The Morgan fingerprint density at radius 3 is 1.62 bits per heavy atom. The minimum atomic E-state index is 0.973. The van der Waals surface area contributed by atoms with Gasteiger partial charge in [-0.3, -0.25) is 0 Å². The predicted molar refractivity (Wildman–Crippen MR) is 44.5 cm³/mol. The highest BCUT2D eigenvalue weighted by Gasteiger charge is 1.69. The van der Waals surface area contributed by atoms with E-state index in [1.807, 2.05) is 0 Å². The molecule has 46 valence electrons. The van der Waals surface area contributed by atoms with E-state index in [9.17, 15) is 0 Å². The van der Waals surface area contributed by atoms with Crippen molar-refractivity contribution in [2.45, 2.75) is 0 Å². The van der Waals surface area contributed by atoms with Crippen molar-refractivity contribution in [3.63, 3.8) is 0 Å². The van der Waals surface area contributed by atoms with Crippen LogP contribution in [0, 0.1) is 11.8 Å². The second kappa shape index (κ2) is 7.26. The summed E-state index contributed by atoms with van der Waals surface area (Å²) in [6.07, 6.45) is 4.13. The molecule has 0 fully saturated rings. The molecule has 0 nitrogen and oxygen atoms in total. The number of rotatable bonds is 2. The lowest BCUT2D eigenvalue weighted by atomic mass is 10.7. The van der Waals surface area contributed by atoms with Crippen molar-refractivity contribution in [2.24, 2.45) is 0 Å². The molecule has 0 rings (SSSR count). The Labute approximate surface area is 59.8 Å². The molecule has 0 aliphatic heterocycles. The fraction of sp³-hybridized carbons (Fsp3) is 0.667. The maximum absolute atomic E-state index is 3.03. The first kappa shape index (κ1) is 8.26. The van der Waals surface area contributed by atoms with Gasteiger partial charge < -0.3 is 0 Å². The second-order valence-electron chi connectivity index (χ2n) is 1.22. The SMILES string of the molecule is CSCC#CCSC. The predicted octanol–water partition coefficient (Wildman–Crippen LogP) is 1.72. The molecule has 0 aliphatic rings. The molecule has 0 atom stereocenters. The Bertz CT molecular complexity index is 78.4. The van der Waals surface area contributed by atoms with Gasteiger partial charge in [0.2, 0.25) is 0 Å². The summed E-state index contributed by atoms with van der Waals surface area (Å²) in [5.41, 5.74) is 0. The Hall–Kier alpha value is 0.260. The van der Waals surface area contributed by atoms with Crippen molar-refractivity contribution in [3.05, 3.63) is 0 Å². The van der Waals surface area contributed by atoms with E-state index < -0.39 is 0 Å². The second-order valence-corrected chi connectivity index (χ2v) is 2.95. The maximum Gasteiger partial charge on any atom is 0.0544 e. The van der Waals surface area contributed by atoms with E-state index >= 15 is 0 Å². The highest BCUT2D eigenvalue weighted by molar-refractivity contribution is 7.99. The minimum absolute atomic E-state index is 0.973. The first-order valence-electron chi connectivity index (χ1n) is 2.35. The lowest BCUT2D eigenvalue weighted by Gasteiger charge is -1.78. The summed E-state index contributed by atoms with van der Waals surface area (Å²) < 4.78 is 0. The van der Waals surface area contributed by atoms with E-state index in [2.05, 4.69) is 24.4 Å². The largest absolute Gasteiger partial charge is 0.152 e. The molecule has 0 saturated heterocycles. The molecule has 0 N–H and O–H groups in total. The van der Waals surface area contributed by atoms with Gasteiger partial charge in [-0.1, -0.05) is 11.8 Å². The van der Waals surface area contributed by atoms with Crippen LogP contribution in [0.4, 0.5) is 0 Å². The topological polar surface area (TPSA) is 0 Å². The Balaban J connectivity index is 2.95. The third-order valence-electron chi connectivity index (χ3n) is 0.558. The standard InChI is InChI=1S/C6H10S2/c1-7-5-3-4-6-8-2/h5-6H2,1-2H3. The van der Waals surface area contributed by atoms with Gasteiger partial charge in [-0.2, -0.15) is 23.5 Å². The van der Waals surface area contributed by atoms with Crippen LogP contribution in [0.15, 0.2) is 0 Å². The van der Waals surface area contributed by atoms with Crippen LogP contribution >= 0.6 is 23.5 Å². The van der Waals surface area contributed by atoms with Crippen LogP contribution in [0.5, 0.6) is 0 Å². The lowest BCUT2D eigenvalue weighted by Crippen LogP contribution is -1.69. The zero-order valence-electron chi connectivity index (χ0n) is 5.23. The number of hydrogen-bond acceptors (Lipinski definition) is 2. The van der Waals surface area contributed by atoms with Gasteiger partial charge in [-0.15, -0.1) is 0 Å². The normalized spacial score (nSPS) is 7.75. The smallest absolute Gasteiger partial charge is 0.0544 e. The van der Waals surface area contributed by atoms with Crippen LogP contribution in [0.2, 0.25) is 0 Å². The van der Waals surface area contributed by atoms with Crippen LogP contribution < -0.4 is 0 Å². The minimum Gasteiger partial charge on any atom is -0.152 e. The highest BCUT2D eigenvalue weighted by Crippen LogP contribution is 1.89. The maximum atomic E-state index is 3.03. The van der Waals surface area contributed by atoms with Crippen molar-refractivity contribution in [1.29, 1.82) is 0 Å². The zero-order chi connectivity index (χ0) is 6.24. The quantitative estimate of drug-likeness (QED) is 0.544. The van der Waals surface area contributed by atoms with Crippen LogP contribution in [-0.2, 0) is 0 Å². The third kappa shape index (κ3) is 6.26. The van der Waals surface area contributed by atoms with Crippen molar-refractivity contribution < 1.29 is 0 Å². The first-order valence-corrected chi connectivity index (χ1v) is 5.14. The summed E-state index contributed by atoms with van der Waals surface area (Å²) in [6, 6.07) is 0. The van der Waals surface area contributed by atoms with Crippen LogP contribution in [0.1, 0.15) is 0 Å². The van der Waals surface area contributed by atoms with Crippen molar-refractivity contribution in [1.82, 2.24) is 0 Å². The number of hydrogen-bond donors (Lipinski definition) is 0. The Morgan fingerprint density at radius 1 is 1.00 bits per heavy atom. The summed E-state index contributed by atoms with van der Waals surface area (Å²) in [5.74, 6) is 8.00. The molecule has 0 heterocycles. The molecular weight excluding hydrogens is 136 g/mol. The molecule has 2 heteroatoms. The molecule has 8 heavy (non-hydrogen) atoms. The van der Waals surface area contributed by atoms with Crippen LogP contribution in [-0.4, -0.2) is 24.0 Å². The van der Waals surface area contributed by atoms with Gasteiger partial charge in [-0.05, 0) is 12.5 Å². The van der Waals surface area contributed by atoms with E-state index in [1.54, 1.807) is 23.5 Å². The lowest BCUT2D eigenvalue weighted by molar-refractivity contribution is 1.85. The van der Waals surface area contributed by atoms with Gasteiger partial charge in [0, 0.05) is 0 Å². The summed E-state index contributed by atoms with van der Waals surface area (Å²) in [7, 11) is 0. The Morgan fingerprint density at radius 2 is 1.38 bits per heavy atom. The molecular formula is C6H10S2. The van der Waals surface area contributed by atoms with E-state index in [1.165, 1.54) is 0 Å². The van der Waals surface area contributed by atoms with Crippen molar-refractivity contribution in [3.8, 4) is 11.8 Å². The average Bonchev–Trinajstić information content (AvgIpc) is 1.81. The average molecular weight is 146 g/mol. The van der Waals surface area contributed by atoms with Gasteiger partial charge in [0.05, 0.1) is 11.5 Å². The van der Waals surface area contributed by atoms with Gasteiger partial charge in [-0.25, -0.2) is 0 Å². The van der Waals surface area contributed by atoms with E-state index in [4.69, 9.17) is 0 Å². The fourth-order valence-corrected chi connectivity index (χ4v) is 0.739. The van der Waals surface area contributed by atoms with Crippen molar-refractivity contribution >= 4 is 23.5 Å². The van der Waals surface area contributed by atoms with Gasteiger partial charge in [0.25, 0.3) is 0 Å². The highest BCUT2D eigenvalue weighted by atomic mass is 32.2. The fourth-order valence-electron chi connectivity index (χ4n) is 0.246. The molecule has 0 aromatic rings. The molecule has 0 amide bonds. The molecule has 0 bridgehead atoms. The van der Waals surface area contributed by atoms with E-state index in [0.717, 1.165) is 11.5 Å². The monoisotopic (exact) mass is 146 g/mol. The molecule has 0 radical (unpaired) electrons. The van der Waals surface area contributed by atoms with Crippen LogP contribution in [0.3, 0.4) is 0 Å². The van der Waals surface area contributed by atoms with Gasteiger partial charge in [0.15, 0.2) is 0 Å². The van der Waals surface area contributed by atoms with Crippen molar-refractivity contribution in [2.75, 3.05) is 24.0 Å². The summed E-state index contributed by atoms with van der Waals surface area (Å²) >= 11 is 3.54. The van der Waals surface area contributed by atoms with Gasteiger partial charge in [0.1, 0.15) is 0 Å². The van der Waals surface area contributed by atoms with E-state index in [0.29, 0.717) is 0 Å². The third-order valence-corrected chi connectivity index (χ3v) is 1.42. The molecule has 0 saturated carbocycles. The summed E-state index contributed by atoms with van der Waals surface area (Å²) in [4.78, 5) is 0. The Kier molecular flexibility index (Phi) is 7.50. The van der Waals surface area contributed by atoms with Gasteiger partial charge >= 0.3 is 0 Å². The summed E-state index contributed by atoms with van der Waals surface area (Å²) in [6.45, 7) is 0. The van der Waals surface area contributed by atoms with E-state index in [-0.39, 0.29) is 0 Å². The van der Waals surface area contributed by atoms with Crippen LogP contribution in [0.25, 0.3) is 0 Å². The molecule has 0 unspecified atom stereocenters. The molecule has 0 aromatic carbocycles. The zero-order valence-corrected chi connectivity index (χ0v) is 6.86.